The Morgan fingerprint density at radius 1 is 1.24 bits per heavy atom. The SMILES string of the molecule is C=CC(=C\N(C)C1CCNCC1)/C(=C/C)C(/C)=C1\C(=C)NCCN1Cc1c(F)ccc(F)c1O. The van der Waals surface area contributed by atoms with Gasteiger partial charge in [0.1, 0.15) is 5.82 Å². The van der Waals surface area contributed by atoms with Gasteiger partial charge in [-0.1, -0.05) is 25.3 Å². The first kappa shape index (κ1) is 25.6. The number of rotatable bonds is 7. The van der Waals surface area contributed by atoms with Crippen molar-refractivity contribution in [2.24, 2.45) is 0 Å². The molecular weight excluding hydrogens is 434 g/mol. The number of nitrogens with one attached hydrogen (secondary N) is 2. The Kier molecular flexibility index (Phi) is 8.56. The molecule has 0 unspecified atom stereocenters. The number of piperidine rings is 1. The number of allylic oxidation sites excluding steroid dienone is 5. The number of benzene rings is 1. The zero-order valence-corrected chi connectivity index (χ0v) is 20.4. The molecule has 0 radical (unpaired) electrons. The lowest BCUT2D eigenvalue weighted by Crippen LogP contribution is -2.40. The van der Waals surface area contributed by atoms with Crippen LogP contribution in [0.4, 0.5) is 8.78 Å². The van der Waals surface area contributed by atoms with Crippen LogP contribution in [0.1, 0.15) is 32.3 Å². The van der Waals surface area contributed by atoms with Crippen molar-refractivity contribution in [2.75, 3.05) is 33.2 Å². The average molecular weight is 471 g/mol. The van der Waals surface area contributed by atoms with Crippen LogP contribution in [-0.4, -0.2) is 54.2 Å². The minimum absolute atomic E-state index is 0.0297. The van der Waals surface area contributed by atoms with E-state index in [1.54, 1.807) is 0 Å². The quantitative estimate of drug-likeness (QED) is 0.510. The Morgan fingerprint density at radius 2 is 1.91 bits per heavy atom. The van der Waals surface area contributed by atoms with E-state index < -0.39 is 17.4 Å². The summed E-state index contributed by atoms with van der Waals surface area (Å²) < 4.78 is 28.4. The van der Waals surface area contributed by atoms with Crippen LogP contribution in [0.2, 0.25) is 0 Å². The highest BCUT2D eigenvalue weighted by molar-refractivity contribution is 5.55. The van der Waals surface area contributed by atoms with E-state index in [-0.39, 0.29) is 12.1 Å². The number of phenolic OH excluding ortho intramolecular Hbond substituents is 1. The van der Waals surface area contributed by atoms with Gasteiger partial charge in [-0.3, -0.25) is 0 Å². The maximum absolute atomic E-state index is 14.5. The molecule has 0 spiro atoms. The van der Waals surface area contributed by atoms with Crippen LogP contribution in [0, 0.1) is 11.6 Å². The summed E-state index contributed by atoms with van der Waals surface area (Å²) in [6.07, 6.45) is 8.17. The molecule has 34 heavy (non-hydrogen) atoms. The van der Waals surface area contributed by atoms with Gasteiger partial charge in [0.2, 0.25) is 0 Å². The highest BCUT2D eigenvalue weighted by Crippen LogP contribution is 2.33. The number of halogens is 2. The normalized spacial score (nSPS) is 19.7. The molecule has 1 aromatic carbocycles. The molecular formula is C27H36F2N4O. The Bertz CT molecular complexity index is 1020. The van der Waals surface area contributed by atoms with Crippen molar-refractivity contribution in [1.82, 2.24) is 20.4 Å². The number of piperazine rings is 1. The van der Waals surface area contributed by atoms with Crippen LogP contribution in [0.25, 0.3) is 0 Å². The van der Waals surface area contributed by atoms with E-state index in [1.165, 1.54) is 0 Å². The van der Waals surface area contributed by atoms with Gasteiger partial charge in [-0.15, -0.1) is 0 Å². The van der Waals surface area contributed by atoms with Crippen molar-refractivity contribution < 1.29 is 13.9 Å². The van der Waals surface area contributed by atoms with Crippen molar-refractivity contribution in [3.63, 3.8) is 0 Å². The summed E-state index contributed by atoms with van der Waals surface area (Å²) in [7, 11) is 2.10. The molecule has 2 fully saturated rings. The molecule has 0 saturated carbocycles. The lowest BCUT2D eigenvalue weighted by atomic mass is 9.94. The molecule has 2 heterocycles. The number of aromatic hydroxyl groups is 1. The summed E-state index contributed by atoms with van der Waals surface area (Å²) in [6, 6.07) is 2.44. The number of nitrogens with zero attached hydrogens (tertiary/aromatic N) is 2. The van der Waals surface area contributed by atoms with E-state index in [0.717, 1.165) is 60.5 Å². The maximum Gasteiger partial charge on any atom is 0.165 e. The Labute approximate surface area is 201 Å². The summed E-state index contributed by atoms with van der Waals surface area (Å²) in [6.45, 7) is 15.4. The zero-order valence-electron chi connectivity index (χ0n) is 20.4. The Balaban J connectivity index is 1.98. The van der Waals surface area contributed by atoms with Crippen molar-refractivity contribution in [3.05, 3.63) is 89.0 Å². The minimum atomic E-state index is -0.834. The van der Waals surface area contributed by atoms with Crippen molar-refractivity contribution in [3.8, 4) is 5.75 Å². The van der Waals surface area contributed by atoms with Crippen LogP contribution >= 0.6 is 0 Å². The highest BCUT2D eigenvalue weighted by Gasteiger charge is 2.25. The standard InChI is InChI=1S/C27H36F2N4O/c1-6-20(16-32(5)21-10-12-30-13-11-21)22(7-2)18(3)26-19(4)31-14-15-33(26)17-23-24(28)8-9-25(29)27(23)34/h6-9,16,21,30-31,34H,1,4,10-15,17H2,2-3,5H3/b20-16+,22-7+,26-18+. The molecule has 1 aromatic rings. The molecule has 5 nitrogen and oxygen atoms in total. The first-order valence-electron chi connectivity index (χ1n) is 11.8. The second-order valence-electron chi connectivity index (χ2n) is 8.79. The third-order valence-corrected chi connectivity index (χ3v) is 6.65. The fourth-order valence-corrected chi connectivity index (χ4v) is 4.77. The van der Waals surface area contributed by atoms with Crippen molar-refractivity contribution in [2.45, 2.75) is 39.3 Å². The second kappa shape index (κ2) is 11.4. The maximum atomic E-state index is 14.5. The van der Waals surface area contributed by atoms with Gasteiger partial charge in [-0.25, -0.2) is 8.78 Å². The third kappa shape index (κ3) is 5.53. The Morgan fingerprint density at radius 3 is 2.56 bits per heavy atom. The van der Waals surface area contributed by atoms with Gasteiger partial charge in [0.25, 0.3) is 0 Å². The predicted molar refractivity (Wildman–Crippen MR) is 134 cm³/mol. The van der Waals surface area contributed by atoms with E-state index in [4.69, 9.17) is 0 Å². The van der Waals surface area contributed by atoms with Crippen molar-refractivity contribution in [1.29, 1.82) is 0 Å². The summed E-state index contributed by atoms with van der Waals surface area (Å²) in [5, 5.41) is 16.8. The van der Waals surface area contributed by atoms with E-state index in [1.807, 2.05) is 30.9 Å². The average Bonchev–Trinajstić information content (AvgIpc) is 2.84. The van der Waals surface area contributed by atoms with Gasteiger partial charge in [-0.2, -0.15) is 0 Å². The van der Waals surface area contributed by atoms with Crippen LogP contribution in [0.5, 0.6) is 5.75 Å². The molecule has 0 atom stereocenters. The van der Waals surface area contributed by atoms with E-state index >= 15 is 0 Å². The smallest absolute Gasteiger partial charge is 0.165 e. The lowest BCUT2D eigenvalue weighted by molar-refractivity contribution is 0.263. The number of phenols is 1. The molecule has 0 aliphatic carbocycles. The molecule has 2 aliphatic heterocycles. The Hall–Kier alpha value is -3.06. The van der Waals surface area contributed by atoms with E-state index in [9.17, 15) is 13.9 Å². The van der Waals surface area contributed by atoms with Crippen LogP contribution in [-0.2, 0) is 6.54 Å². The van der Waals surface area contributed by atoms with Crippen LogP contribution in [0.3, 0.4) is 0 Å². The molecule has 3 rings (SSSR count). The van der Waals surface area contributed by atoms with Gasteiger partial charge in [0.15, 0.2) is 11.6 Å². The fourth-order valence-electron chi connectivity index (χ4n) is 4.77. The van der Waals surface area contributed by atoms with Gasteiger partial charge < -0.3 is 25.5 Å². The molecule has 0 aromatic heterocycles. The summed E-state index contributed by atoms with van der Waals surface area (Å²) in [5.41, 5.74) is 4.36. The predicted octanol–water partition coefficient (Wildman–Crippen LogP) is 4.56. The third-order valence-electron chi connectivity index (χ3n) is 6.65. The minimum Gasteiger partial charge on any atom is -0.505 e. The van der Waals surface area contributed by atoms with E-state index in [2.05, 4.69) is 41.9 Å². The summed E-state index contributed by atoms with van der Waals surface area (Å²) in [5.74, 6) is -2.12. The van der Waals surface area contributed by atoms with Gasteiger partial charge in [0, 0.05) is 38.9 Å². The first-order chi connectivity index (χ1) is 16.3. The summed E-state index contributed by atoms with van der Waals surface area (Å²) in [4.78, 5) is 4.19. The van der Waals surface area contributed by atoms with Gasteiger partial charge in [-0.05, 0) is 68.6 Å². The van der Waals surface area contributed by atoms with Gasteiger partial charge in [0.05, 0.1) is 17.0 Å². The van der Waals surface area contributed by atoms with Gasteiger partial charge >= 0.3 is 0 Å². The second-order valence-corrected chi connectivity index (χ2v) is 8.79. The van der Waals surface area contributed by atoms with E-state index in [0.29, 0.717) is 24.8 Å². The molecule has 0 bridgehead atoms. The highest BCUT2D eigenvalue weighted by atomic mass is 19.1. The molecule has 2 aliphatic rings. The van der Waals surface area contributed by atoms with Crippen LogP contribution in [0.15, 0.2) is 71.8 Å². The lowest BCUT2D eigenvalue weighted by Gasteiger charge is -2.36. The molecule has 7 heteroatoms. The molecule has 0 amide bonds. The van der Waals surface area contributed by atoms with Crippen LogP contribution < -0.4 is 10.6 Å². The summed E-state index contributed by atoms with van der Waals surface area (Å²) >= 11 is 0. The molecule has 3 N–H and O–H groups in total. The molecule has 184 valence electrons. The first-order valence-corrected chi connectivity index (χ1v) is 11.8. The molecule has 2 saturated heterocycles. The number of hydrogen-bond donors (Lipinski definition) is 3. The monoisotopic (exact) mass is 470 g/mol. The fraction of sp³-hybridized carbons (Fsp3) is 0.407. The number of hydrogen-bond acceptors (Lipinski definition) is 5. The zero-order chi connectivity index (χ0) is 24.8. The topological polar surface area (TPSA) is 50.8 Å². The largest absolute Gasteiger partial charge is 0.505 e. The van der Waals surface area contributed by atoms with Crippen molar-refractivity contribution >= 4 is 0 Å².